The largest absolute Gasteiger partial charge is 0.494 e. The summed E-state index contributed by atoms with van der Waals surface area (Å²) in [5, 5.41) is 6.84. The Bertz CT molecular complexity index is 639. The van der Waals surface area contributed by atoms with Gasteiger partial charge in [-0.25, -0.2) is 4.99 Å². The topological polar surface area (TPSA) is 92.0 Å². The molecule has 7 heteroatoms. The number of nitrogens with one attached hydrogen (secondary N) is 2. The van der Waals surface area contributed by atoms with Gasteiger partial charge in [-0.05, 0) is 50.8 Å². The van der Waals surface area contributed by atoms with Crippen molar-refractivity contribution in [2.75, 3.05) is 32.8 Å². The highest BCUT2D eigenvalue weighted by molar-refractivity contribution is 5.80. The van der Waals surface area contributed by atoms with Crippen LogP contribution in [0.3, 0.4) is 0 Å². The van der Waals surface area contributed by atoms with Gasteiger partial charge in [0.05, 0.1) is 19.7 Å². The SMILES string of the molecule is CCNC(=NCc1ccc(OCC)c(C)c1)NC1CCN(CC(N)=O)CC1. The highest BCUT2D eigenvalue weighted by Gasteiger charge is 2.20. The van der Waals surface area contributed by atoms with Crippen LogP contribution in [0.5, 0.6) is 5.75 Å². The Kier molecular flexibility index (Phi) is 8.39. The molecule has 1 saturated heterocycles. The molecule has 1 heterocycles. The zero-order chi connectivity index (χ0) is 19.6. The van der Waals surface area contributed by atoms with E-state index in [9.17, 15) is 4.79 Å². The van der Waals surface area contributed by atoms with Crippen molar-refractivity contribution < 1.29 is 9.53 Å². The molecule has 0 bridgehead atoms. The fourth-order valence-corrected chi connectivity index (χ4v) is 3.27. The van der Waals surface area contributed by atoms with Crippen molar-refractivity contribution in [3.05, 3.63) is 29.3 Å². The molecule has 0 unspecified atom stereocenters. The van der Waals surface area contributed by atoms with Crippen LogP contribution < -0.4 is 21.1 Å². The minimum Gasteiger partial charge on any atom is -0.494 e. The van der Waals surface area contributed by atoms with Crippen molar-refractivity contribution in [3.8, 4) is 5.75 Å². The number of hydrogen-bond donors (Lipinski definition) is 3. The molecular formula is C20H33N5O2. The lowest BCUT2D eigenvalue weighted by atomic mass is 10.1. The number of rotatable bonds is 8. The molecule has 0 radical (unpaired) electrons. The number of aryl methyl sites for hydroxylation is 1. The first-order chi connectivity index (χ1) is 13.0. The average Bonchev–Trinajstić information content (AvgIpc) is 2.63. The van der Waals surface area contributed by atoms with Gasteiger partial charge in [0.25, 0.3) is 0 Å². The van der Waals surface area contributed by atoms with E-state index in [0.717, 1.165) is 55.3 Å². The summed E-state index contributed by atoms with van der Waals surface area (Å²) < 4.78 is 5.60. The van der Waals surface area contributed by atoms with Crippen molar-refractivity contribution in [2.24, 2.45) is 10.7 Å². The van der Waals surface area contributed by atoms with Gasteiger partial charge in [0.2, 0.25) is 5.91 Å². The predicted molar refractivity (Wildman–Crippen MR) is 109 cm³/mol. The molecule has 0 aromatic heterocycles. The number of carbonyl (C=O) groups excluding carboxylic acids is 1. The molecule has 0 saturated carbocycles. The monoisotopic (exact) mass is 375 g/mol. The fourth-order valence-electron chi connectivity index (χ4n) is 3.27. The van der Waals surface area contributed by atoms with E-state index in [-0.39, 0.29) is 5.91 Å². The Morgan fingerprint density at radius 2 is 2.07 bits per heavy atom. The minimum absolute atomic E-state index is 0.262. The van der Waals surface area contributed by atoms with Crippen LogP contribution in [0.15, 0.2) is 23.2 Å². The number of benzene rings is 1. The number of nitrogens with zero attached hydrogens (tertiary/aromatic N) is 2. The molecule has 150 valence electrons. The minimum atomic E-state index is -0.262. The molecule has 27 heavy (non-hydrogen) atoms. The quantitative estimate of drug-likeness (QED) is 0.472. The van der Waals surface area contributed by atoms with Gasteiger partial charge in [0.1, 0.15) is 5.75 Å². The first-order valence-electron chi connectivity index (χ1n) is 9.79. The number of piperidine rings is 1. The number of primary amides is 1. The molecule has 1 amide bonds. The first kappa shape index (κ1) is 21.0. The zero-order valence-electron chi connectivity index (χ0n) is 16.8. The Labute approximate surface area is 162 Å². The van der Waals surface area contributed by atoms with E-state index in [4.69, 9.17) is 15.5 Å². The third-order valence-electron chi connectivity index (χ3n) is 4.61. The third-order valence-corrected chi connectivity index (χ3v) is 4.61. The van der Waals surface area contributed by atoms with Crippen LogP contribution in [-0.2, 0) is 11.3 Å². The lowest BCUT2D eigenvalue weighted by Crippen LogP contribution is -2.49. The van der Waals surface area contributed by atoms with Gasteiger partial charge in [-0.2, -0.15) is 0 Å². The lowest BCUT2D eigenvalue weighted by Gasteiger charge is -2.32. The van der Waals surface area contributed by atoms with Gasteiger partial charge in [-0.1, -0.05) is 12.1 Å². The molecule has 7 nitrogen and oxygen atoms in total. The second-order valence-corrected chi connectivity index (χ2v) is 6.89. The predicted octanol–water partition coefficient (Wildman–Crippen LogP) is 1.40. The van der Waals surface area contributed by atoms with E-state index in [2.05, 4.69) is 41.5 Å². The smallest absolute Gasteiger partial charge is 0.231 e. The van der Waals surface area contributed by atoms with Crippen molar-refractivity contribution >= 4 is 11.9 Å². The molecule has 0 aliphatic carbocycles. The summed E-state index contributed by atoms with van der Waals surface area (Å²) in [6, 6.07) is 6.56. The fraction of sp³-hybridized carbons (Fsp3) is 0.600. The number of carbonyl (C=O) groups is 1. The lowest BCUT2D eigenvalue weighted by molar-refractivity contribution is -0.119. The van der Waals surface area contributed by atoms with Gasteiger partial charge >= 0.3 is 0 Å². The molecule has 1 aliphatic heterocycles. The molecule has 1 aromatic rings. The molecule has 0 atom stereocenters. The number of nitrogens with two attached hydrogens (primary N) is 1. The van der Waals surface area contributed by atoms with Crippen LogP contribution in [0, 0.1) is 6.92 Å². The van der Waals surface area contributed by atoms with Crippen molar-refractivity contribution in [2.45, 2.75) is 46.2 Å². The summed E-state index contributed by atoms with van der Waals surface area (Å²) in [7, 11) is 0. The van der Waals surface area contributed by atoms with Gasteiger partial charge in [0.15, 0.2) is 5.96 Å². The Balaban J connectivity index is 1.91. The molecule has 1 aliphatic rings. The molecule has 1 aromatic carbocycles. The first-order valence-corrected chi connectivity index (χ1v) is 9.79. The number of ether oxygens (including phenoxy) is 1. The number of aliphatic imine (C=N–C) groups is 1. The number of likely N-dealkylation sites (tertiary alicyclic amines) is 1. The van der Waals surface area contributed by atoms with Crippen molar-refractivity contribution in [3.63, 3.8) is 0 Å². The summed E-state index contributed by atoms with van der Waals surface area (Å²) >= 11 is 0. The summed E-state index contributed by atoms with van der Waals surface area (Å²) in [5.74, 6) is 1.50. The standard InChI is InChI=1S/C20H33N5O2/c1-4-22-20(24-17-8-10-25(11-9-17)14-19(21)26)23-13-16-6-7-18(27-5-2)15(3)12-16/h6-7,12,17H,4-5,8-11,13-14H2,1-3H3,(H2,21,26)(H2,22,23,24). The summed E-state index contributed by atoms with van der Waals surface area (Å²) in [6.45, 7) is 10.3. The highest BCUT2D eigenvalue weighted by atomic mass is 16.5. The number of amides is 1. The van der Waals surface area contributed by atoms with E-state index < -0.39 is 0 Å². The average molecular weight is 376 g/mol. The summed E-state index contributed by atoms with van der Waals surface area (Å²) in [5.41, 5.74) is 7.56. The van der Waals surface area contributed by atoms with E-state index in [0.29, 0.717) is 25.7 Å². The molecule has 0 spiro atoms. The maximum Gasteiger partial charge on any atom is 0.231 e. The second-order valence-electron chi connectivity index (χ2n) is 6.89. The van der Waals surface area contributed by atoms with Gasteiger partial charge in [-0.3, -0.25) is 9.69 Å². The Hall–Kier alpha value is -2.28. The molecular weight excluding hydrogens is 342 g/mol. The molecule has 2 rings (SSSR count). The maximum absolute atomic E-state index is 11.0. The van der Waals surface area contributed by atoms with E-state index in [1.165, 1.54) is 0 Å². The normalized spacial score (nSPS) is 16.2. The highest BCUT2D eigenvalue weighted by Crippen LogP contribution is 2.19. The van der Waals surface area contributed by atoms with E-state index in [1.54, 1.807) is 0 Å². The van der Waals surface area contributed by atoms with E-state index in [1.807, 2.05) is 13.0 Å². The van der Waals surface area contributed by atoms with Crippen LogP contribution in [0.2, 0.25) is 0 Å². The van der Waals surface area contributed by atoms with Gasteiger partial charge in [-0.15, -0.1) is 0 Å². The third kappa shape index (κ3) is 7.09. The molecule has 1 fully saturated rings. The zero-order valence-corrected chi connectivity index (χ0v) is 16.8. The Morgan fingerprint density at radius 3 is 2.67 bits per heavy atom. The van der Waals surface area contributed by atoms with Crippen LogP contribution in [0.4, 0.5) is 0 Å². The second kappa shape index (κ2) is 10.8. The van der Waals surface area contributed by atoms with Crippen molar-refractivity contribution in [1.82, 2.24) is 15.5 Å². The number of hydrogen-bond acceptors (Lipinski definition) is 4. The summed E-state index contributed by atoms with van der Waals surface area (Å²) in [4.78, 5) is 17.9. The van der Waals surface area contributed by atoms with Crippen LogP contribution in [-0.4, -0.2) is 55.6 Å². The number of guanidine groups is 1. The summed E-state index contributed by atoms with van der Waals surface area (Å²) in [6.07, 6.45) is 1.94. The molecule has 4 N–H and O–H groups in total. The Morgan fingerprint density at radius 1 is 1.33 bits per heavy atom. The maximum atomic E-state index is 11.0. The van der Waals surface area contributed by atoms with Crippen LogP contribution in [0.25, 0.3) is 0 Å². The van der Waals surface area contributed by atoms with Crippen LogP contribution in [0.1, 0.15) is 37.8 Å². The van der Waals surface area contributed by atoms with Gasteiger partial charge in [0, 0.05) is 25.7 Å². The van der Waals surface area contributed by atoms with Gasteiger partial charge < -0.3 is 21.1 Å². The van der Waals surface area contributed by atoms with Crippen molar-refractivity contribution in [1.29, 1.82) is 0 Å². The van der Waals surface area contributed by atoms with E-state index >= 15 is 0 Å². The van der Waals surface area contributed by atoms with Crippen LogP contribution >= 0.6 is 0 Å².